The largest absolute Gasteiger partial charge is 0.497 e. The molecule has 1 aromatic rings. The van der Waals surface area contributed by atoms with Gasteiger partial charge in [-0.05, 0) is 51.0 Å². The Morgan fingerprint density at radius 2 is 1.95 bits per heavy atom. The van der Waals surface area contributed by atoms with Crippen LogP contribution in [-0.2, 0) is 6.42 Å². The van der Waals surface area contributed by atoms with Crippen molar-refractivity contribution in [3.63, 3.8) is 0 Å². The van der Waals surface area contributed by atoms with Gasteiger partial charge in [-0.3, -0.25) is 0 Å². The molecule has 1 aromatic carbocycles. The van der Waals surface area contributed by atoms with Crippen molar-refractivity contribution in [2.24, 2.45) is 5.41 Å². The standard InChI is InChI=1S/C17H26BrNO/c1-7-17(5,12-19-16(2,3)4)11-13-10-14(20-6)8-9-15(13)18/h7-10,19H,1,11-12H2,2-6H3. The molecule has 20 heavy (non-hydrogen) atoms. The summed E-state index contributed by atoms with van der Waals surface area (Å²) in [6, 6.07) is 6.09. The van der Waals surface area contributed by atoms with Crippen LogP contribution >= 0.6 is 15.9 Å². The van der Waals surface area contributed by atoms with E-state index in [2.05, 4.69) is 61.6 Å². The molecule has 0 aromatic heterocycles. The molecular weight excluding hydrogens is 314 g/mol. The van der Waals surface area contributed by atoms with Gasteiger partial charge in [0, 0.05) is 22.0 Å². The lowest BCUT2D eigenvalue weighted by atomic mass is 9.83. The van der Waals surface area contributed by atoms with Crippen LogP contribution in [0.3, 0.4) is 0 Å². The first-order chi connectivity index (χ1) is 9.19. The van der Waals surface area contributed by atoms with Gasteiger partial charge in [-0.25, -0.2) is 0 Å². The maximum atomic E-state index is 5.31. The zero-order valence-corrected chi connectivity index (χ0v) is 14.8. The van der Waals surface area contributed by atoms with Crippen molar-refractivity contribution in [1.29, 1.82) is 0 Å². The van der Waals surface area contributed by atoms with Crippen molar-refractivity contribution in [2.45, 2.75) is 39.7 Å². The summed E-state index contributed by atoms with van der Waals surface area (Å²) in [4.78, 5) is 0. The minimum absolute atomic E-state index is 0.00215. The highest BCUT2D eigenvalue weighted by Crippen LogP contribution is 2.30. The first-order valence-electron chi connectivity index (χ1n) is 6.90. The van der Waals surface area contributed by atoms with Crippen molar-refractivity contribution in [2.75, 3.05) is 13.7 Å². The predicted molar refractivity (Wildman–Crippen MR) is 90.5 cm³/mol. The molecule has 0 amide bonds. The number of rotatable bonds is 6. The highest BCUT2D eigenvalue weighted by Gasteiger charge is 2.24. The van der Waals surface area contributed by atoms with Crippen LogP contribution in [-0.4, -0.2) is 19.2 Å². The van der Waals surface area contributed by atoms with E-state index in [1.165, 1.54) is 5.56 Å². The fourth-order valence-electron chi connectivity index (χ4n) is 1.92. The molecule has 1 atom stereocenters. The molecule has 0 aliphatic rings. The Kier molecular flexibility index (Phi) is 5.84. The van der Waals surface area contributed by atoms with Crippen molar-refractivity contribution >= 4 is 15.9 Å². The molecule has 1 N–H and O–H groups in total. The van der Waals surface area contributed by atoms with E-state index in [1.54, 1.807) is 7.11 Å². The number of hydrogen-bond donors (Lipinski definition) is 1. The van der Waals surface area contributed by atoms with E-state index in [-0.39, 0.29) is 11.0 Å². The molecule has 0 heterocycles. The third-order valence-electron chi connectivity index (χ3n) is 3.36. The molecule has 0 spiro atoms. The monoisotopic (exact) mass is 339 g/mol. The topological polar surface area (TPSA) is 21.3 Å². The highest BCUT2D eigenvalue weighted by atomic mass is 79.9. The molecule has 0 radical (unpaired) electrons. The van der Waals surface area contributed by atoms with Gasteiger partial charge in [-0.2, -0.15) is 0 Å². The average molecular weight is 340 g/mol. The molecule has 3 heteroatoms. The second-order valence-electron chi connectivity index (χ2n) is 6.60. The average Bonchev–Trinajstić information content (AvgIpc) is 2.38. The van der Waals surface area contributed by atoms with Crippen LogP contribution in [0.4, 0.5) is 0 Å². The molecule has 0 bridgehead atoms. The van der Waals surface area contributed by atoms with Gasteiger partial charge in [0.05, 0.1) is 7.11 Å². The number of ether oxygens (including phenoxy) is 1. The van der Waals surface area contributed by atoms with Crippen LogP contribution in [0.5, 0.6) is 5.75 Å². The van der Waals surface area contributed by atoms with Crippen molar-refractivity contribution in [1.82, 2.24) is 5.32 Å². The molecule has 0 saturated carbocycles. The van der Waals surface area contributed by atoms with Crippen molar-refractivity contribution < 1.29 is 4.74 Å². The summed E-state index contributed by atoms with van der Waals surface area (Å²) in [6.07, 6.45) is 2.95. The predicted octanol–water partition coefficient (Wildman–Crippen LogP) is 4.58. The van der Waals surface area contributed by atoms with Gasteiger partial charge in [0.25, 0.3) is 0 Å². The summed E-state index contributed by atoms with van der Waals surface area (Å²) in [5, 5.41) is 3.56. The first-order valence-corrected chi connectivity index (χ1v) is 7.69. The fourth-order valence-corrected chi connectivity index (χ4v) is 2.31. The van der Waals surface area contributed by atoms with E-state index in [0.29, 0.717) is 0 Å². The summed E-state index contributed by atoms with van der Waals surface area (Å²) in [5.41, 5.74) is 1.35. The SMILES string of the molecule is C=CC(C)(CNC(C)(C)C)Cc1cc(OC)ccc1Br. The summed E-state index contributed by atoms with van der Waals surface area (Å²) in [7, 11) is 1.70. The van der Waals surface area contributed by atoms with E-state index in [0.717, 1.165) is 23.2 Å². The summed E-state index contributed by atoms with van der Waals surface area (Å²) in [5.74, 6) is 0.887. The third kappa shape index (κ3) is 5.29. The minimum Gasteiger partial charge on any atom is -0.497 e. The van der Waals surface area contributed by atoms with Gasteiger partial charge in [-0.15, -0.1) is 6.58 Å². The van der Waals surface area contributed by atoms with Crippen LogP contribution in [0.1, 0.15) is 33.3 Å². The van der Waals surface area contributed by atoms with Crippen LogP contribution in [0.15, 0.2) is 35.3 Å². The number of benzene rings is 1. The highest BCUT2D eigenvalue weighted by molar-refractivity contribution is 9.10. The lowest BCUT2D eigenvalue weighted by Gasteiger charge is -2.31. The number of nitrogens with one attached hydrogen (secondary N) is 1. The van der Waals surface area contributed by atoms with Crippen LogP contribution in [0, 0.1) is 5.41 Å². The van der Waals surface area contributed by atoms with E-state index in [9.17, 15) is 0 Å². The first kappa shape index (κ1) is 17.3. The van der Waals surface area contributed by atoms with Crippen LogP contribution in [0.25, 0.3) is 0 Å². The zero-order chi connectivity index (χ0) is 15.4. The number of halogens is 1. The quantitative estimate of drug-likeness (QED) is 0.766. The maximum Gasteiger partial charge on any atom is 0.119 e. The molecule has 2 nitrogen and oxygen atoms in total. The lowest BCUT2D eigenvalue weighted by Crippen LogP contribution is -2.43. The van der Waals surface area contributed by atoms with Gasteiger partial charge >= 0.3 is 0 Å². The van der Waals surface area contributed by atoms with Gasteiger partial charge in [0.2, 0.25) is 0 Å². The van der Waals surface area contributed by atoms with E-state index < -0.39 is 0 Å². The van der Waals surface area contributed by atoms with Crippen LogP contribution < -0.4 is 10.1 Å². The van der Waals surface area contributed by atoms with Crippen molar-refractivity contribution in [3.8, 4) is 5.75 Å². The van der Waals surface area contributed by atoms with E-state index in [1.807, 2.05) is 18.2 Å². The maximum absolute atomic E-state index is 5.31. The molecule has 1 unspecified atom stereocenters. The van der Waals surface area contributed by atoms with E-state index in [4.69, 9.17) is 4.74 Å². The van der Waals surface area contributed by atoms with Gasteiger partial charge in [0.15, 0.2) is 0 Å². The number of hydrogen-bond acceptors (Lipinski definition) is 2. The van der Waals surface area contributed by atoms with Gasteiger partial charge in [0.1, 0.15) is 5.75 Å². The molecule has 1 rings (SSSR count). The van der Waals surface area contributed by atoms with Crippen LogP contribution in [0.2, 0.25) is 0 Å². The molecule has 0 fully saturated rings. The zero-order valence-electron chi connectivity index (χ0n) is 13.2. The Balaban J connectivity index is 2.89. The van der Waals surface area contributed by atoms with Gasteiger partial charge in [-0.1, -0.05) is 28.9 Å². The summed E-state index contributed by atoms with van der Waals surface area (Å²) in [6.45, 7) is 13.7. The molecule has 112 valence electrons. The smallest absolute Gasteiger partial charge is 0.119 e. The molecule has 0 saturated heterocycles. The second kappa shape index (κ2) is 6.77. The Hall–Kier alpha value is -0.800. The Bertz CT molecular complexity index is 465. The minimum atomic E-state index is 0.00215. The molecule has 0 aliphatic heterocycles. The molecular formula is C17H26BrNO. The molecule has 0 aliphatic carbocycles. The third-order valence-corrected chi connectivity index (χ3v) is 4.14. The summed E-state index contributed by atoms with van der Waals surface area (Å²) < 4.78 is 6.42. The van der Waals surface area contributed by atoms with E-state index >= 15 is 0 Å². The summed E-state index contributed by atoms with van der Waals surface area (Å²) >= 11 is 3.62. The Morgan fingerprint density at radius 1 is 1.30 bits per heavy atom. The van der Waals surface area contributed by atoms with Crippen molar-refractivity contribution in [3.05, 3.63) is 40.9 Å². The van der Waals surface area contributed by atoms with Gasteiger partial charge < -0.3 is 10.1 Å². The lowest BCUT2D eigenvalue weighted by molar-refractivity contribution is 0.322. The normalized spacial score (nSPS) is 14.7. The fraction of sp³-hybridized carbons (Fsp3) is 0.529. The number of methoxy groups -OCH3 is 1. The Morgan fingerprint density at radius 3 is 2.45 bits per heavy atom. The Labute approximate surface area is 131 Å². The second-order valence-corrected chi connectivity index (χ2v) is 7.45.